The zero-order valence-electron chi connectivity index (χ0n) is 14.1. The van der Waals surface area contributed by atoms with Gasteiger partial charge in [-0.05, 0) is 19.1 Å². The third-order valence-corrected chi connectivity index (χ3v) is 5.50. The van der Waals surface area contributed by atoms with Crippen molar-refractivity contribution in [1.29, 1.82) is 0 Å². The molecule has 8 heteroatoms. The van der Waals surface area contributed by atoms with Gasteiger partial charge in [-0.15, -0.1) is 0 Å². The second-order valence-corrected chi connectivity index (χ2v) is 7.02. The van der Waals surface area contributed by atoms with Gasteiger partial charge in [0.15, 0.2) is 16.3 Å². The minimum absolute atomic E-state index is 0.236. The summed E-state index contributed by atoms with van der Waals surface area (Å²) in [5.41, 5.74) is 2.82. The average molecular weight is 366 g/mol. The van der Waals surface area contributed by atoms with Gasteiger partial charge >= 0.3 is 0 Å². The molecule has 0 saturated heterocycles. The van der Waals surface area contributed by atoms with Crippen molar-refractivity contribution in [2.75, 3.05) is 6.79 Å². The number of pyridine rings is 1. The number of carbonyl (C=O) groups excluding carboxylic acids is 1. The van der Waals surface area contributed by atoms with E-state index in [1.54, 1.807) is 4.40 Å². The Hall–Kier alpha value is -3.13. The largest absolute Gasteiger partial charge is 0.454 e. The maximum atomic E-state index is 12.9. The highest BCUT2D eigenvalue weighted by Crippen LogP contribution is 2.36. The Morgan fingerprint density at radius 2 is 2.08 bits per heavy atom. The Balaban J connectivity index is 1.67. The fourth-order valence-electron chi connectivity index (χ4n) is 3.14. The summed E-state index contributed by atoms with van der Waals surface area (Å²) in [4.78, 5) is 22.2. The molecule has 0 fully saturated rings. The van der Waals surface area contributed by atoms with Gasteiger partial charge < -0.3 is 14.0 Å². The molecule has 0 bridgehead atoms. The molecule has 1 amide bonds. The molecular weight excluding hydrogens is 352 g/mol. The number of nitrogens with zero attached hydrogens (tertiary/aromatic N) is 4. The SMILES string of the molecule is Cc1nc2ccccn2c1C(=O)N=c1sc2cc3c(cc2n1C)OCO3. The number of benzene rings is 1. The van der Waals surface area contributed by atoms with Crippen molar-refractivity contribution in [2.45, 2.75) is 6.92 Å². The lowest BCUT2D eigenvalue weighted by molar-refractivity contribution is 0.0991. The van der Waals surface area contributed by atoms with Gasteiger partial charge in [0.1, 0.15) is 11.3 Å². The van der Waals surface area contributed by atoms with E-state index in [9.17, 15) is 4.79 Å². The summed E-state index contributed by atoms with van der Waals surface area (Å²) >= 11 is 1.44. The number of aryl methyl sites for hydroxylation is 2. The normalized spacial score (nSPS) is 13.8. The Kier molecular flexibility index (Phi) is 3.17. The molecule has 26 heavy (non-hydrogen) atoms. The van der Waals surface area contributed by atoms with Crippen LogP contribution >= 0.6 is 11.3 Å². The van der Waals surface area contributed by atoms with Crippen LogP contribution < -0.4 is 14.3 Å². The number of hydrogen-bond acceptors (Lipinski definition) is 5. The summed E-state index contributed by atoms with van der Waals surface area (Å²) < 4.78 is 15.5. The summed E-state index contributed by atoms with van der Waals surface area (Å²) in [6.07, 6.45) is 1.82. The van der Waals surface area contributed by atoms with Crippen LogP contribution in [0, 0.1) is 6.92 Å². The summed E-state index contributed by atoms with van der Waals surface area (Å²) in [6, 6.07) is 9.46. The van der Waals surface area contributed by atoms with Crippen LogP contribution in [0.15, 0.2) is 41.5 Å². The van der Waals surface area contributed by atoms with Crippen LogP contribution in [0.25, 0.3) is 15.9 Å². The van der Waals surface area contributed by atoms with E-state index < -0.39 is 0 Å². The van der Waals surface area contributed by atoms with Crippen molar-refractivity contribution in [3.8, 4) is 11.5 Å². The lowest BCUT2D eigenvalue weighted by atomic mass is 10.3. The summed E-state index contributed by atoms with van der Waals surface area (Å²) in [5.74, 6) is 1.11. The van der Waals surface area contributed by atoms with Crippen LogP contribution in [0.4, 0.5) is 0 Å². The van der Waals surface area contributed by atoms with E-state index in [1.807, 2.05) is 55.1 Å². The van der Waals surface area contributed by atoms with Crippen LogP contribution in [0.1, 0.15) is 16.2 Å². The van der Waals surface area contributed by atoms with E-state index in [4.69, 9.17) is 9.47 Å². The number of fused-ring (bicyclic) bond motifs is 3. The van der Waals surface area contributed by atoms with E-state index in [1.165, 1.54) is 11.3 Å². The molecule has 5 rings (SSSR count). The van der Waals surface area contributed by atoms with E-state index in [-0.39, 0.29) is 12.7 Å². The molecule has 0 N–H and O–H groups in total. The molecule has 0 aliphatic carbocycles. The Bertz CT molecular complexity index is 1260. The average Bonchev–Trinajstić information content (AvgIpc) is 3.29. The minimum Gasteiger partial charge on any atom is -0.454 e. The molecule has 0 spiro atoms. The predicted octanol–water partition coefficient (Wildman–Crippen LogP) is 2.67. The van der Waals surface area contributed by atoms with E-state index in [2.05, 4.69) is 9.98 Å². The Labute approximate surface area is 151 Å². The van der Waals surface area contributed by atoms with Gasteiger partial charge in [0, 0.05) is 25.4 Å². The first kappa shape index (κ1) is 15.2. The smallest absolute Gasteiger partial charge is 0.298 e. The summed E-state index contributed by atoms with van der Waals surface area (Å²) in [6.45, 7) is 2.06. The topological polar surface area (TPSA) is 70.1 Å². The molecule has 7 nitrogen and oxygen atoms in total. The maximum absolute atomic E-state index is 12.9. The lowest BCUT2D eigenvalue weighted by Crippen LogP contribution is -2.14. The number of ether oxygens (including phenoxy) is 2. The summed E-state index contributed by atoms with van der Waals surface area (Å²) in [5, 5.41) is 0. The number of rotatable bonds is 1. The second kappa shape index (κ2) is 5.43. The van der Waals surface area contributed by atoms with Crippen LogP contribution in [0.2, 0.25) is 0 Å². The first-order valence-corrected chi connectivity index (χ1v) is 8.85. The molecule has 0 atom stereocenters. The number of amides is 1. The van der Waals surface area contributed by atoms with Crippen molar-refractivity contribution in [1.82, 2.24) is 14.0 Å². The molecule has 1 aliphatic rings. The fourth-order valence-corrected chi connectivity index (χ4v) is 4.16. The van der Waals surface area contributed by atoms with Gasteiger partial charge in [0.25, 0.3) is 5.91 Å². The van der Waals surface area contributed by atoms with Crippen LogP contribution in [-0.2, 0) is 7.05 Å². The molecule has 1 aliphatic heterocycles. The van der Waals surface area contributed by atoms with Gasteiger partial charge in [-0.1, -0.05) is 17.4 Å². The van der Waals surface area contributed by atoms with Gasteiger partial charge in [-0.2, -0.15) is 4.99 Å². The first-order chi connectivity index (χ1) is 12.6. The third-order valence-electron chi connectivity index (χ3n) is 4.41. The van der Waals surface area contributed by atoms with Crippen LogP contribution in [0.3, 0.4) is 0 Å². The zero-order chi connectivity index (χ0) is 17.8. The predicted molar refractivity (Wildman–Crippen MR) is 96.7 cm³/mol. The summed E-state index contributed by atoms with van der Waals surface area (Å²) in [7, 11) is 1.88. The van der Waals surface area contributed by atoms with Crippen LogP contribution in [-0.4, -0.2) is 26.7 Å². The van der Waals surface area contributed by atoms with Crippen molar-refractivity contribution in [3.05, 3.63) is 52.7 Å². The minimum atomic E-state index is -0.316. The number of hydrogen-bond donors (Lipinski definition) is 0. The highest BCUT2D eigenvalue weighted by Gasteiger charge is 2.19. The van der Waals surface area contributed by atoms with Gasteiger partial charge in [0.2, 0.25) is 6.79 Å². The number of carbonyl (C=O) groups is 1. The molecule has 4 aromatic rings. The molecule has 4 heterocycles. The molecule has 0 unspecified atom stereocenters. The van der Waals surface area contributed by atoms with Gasteiger partial charge in [-0.3, -0.25) is 9.20 Å². The number of aromatic nitrogens is 3. The highest BCUT2D eigenvalue weighted by molar-refractivity contribution is 7.16. The molecule has 130 valence electrons. The Morgan fingerprint density at radius 1 is 1.27 bits per heavy atom. The standard InChI is InChI=1S/C18H14N4O3S/c1-10-16(22-6-4-3-5-15(22)19-10)17(23)20-18-21(2)11-7-12-13(25-9-24-12)8-14(11)26-18/h3-8H,9H2,1-2H3. The van der Waals surface area contributed by atoms with Crippen molar-refractivity contribution < 1.29 is 14.3 Å². The van der Waals surface area contributed by atoms with Crippen molar-refractivity contribution in [2.24, 2.45) is 12.0 Å². The van der Waals surface area contributed by atoms with Crippen LogP contribution in [0.5, 0.6) is 11.5 Å². The highest BCUT2D eigenvalue weighted by atomic mass is 32.1. The molecule has 0 radical (unpaired) electrons. The number of thiazole rings is 1. The van der Waals surface area contributed by atoms with E-state index in [0.717, 1.165) is 21.6 Å². The zero-order valence-corrected chi connectivity index (χ0v) is 14.9. The van der Waals surface area contributed by atoms with Gasteiger partial charge in [0.05, 0.1) is 15.9 Å². The van der Waals surface area contributed by atoms with E-state index >= 15 is 0 Å². The Morgan fingerprint density at radius 3 is 2.92 bits per heavy atom. The third kappa shape index (κ3) is 2.15. The lowest BCUT2D eigenvalue weighted by Gasteiger charge is -1.99. The quantitative estimate of drug-likeness (QED) is 0.519. The second-order valence-electron chi connectivity index (χ2n) is 6.01. The molecule has 1 aromatic carbocycles. The molecule has 3 aromatic heterocycles. The fraction of sp³-hybridized carbons (Fsp3) is 0.167. The molecular formula is C18H14N4O3S. The van der Waals surface area contributed by atoms with Crippen molar-refractivity contribution >= 4 is 33.1 Å². The van der Waals surface area contributed by atoms with Crippen molar-refractivity contribution in [3.63, 3.8) is 0 Å². The number of imidazole rings is 1. The maximum Gasteiger partial charge on any atom is 0.298 e. The monoisotopic (exact) mass is 366 g/mol. The van der Waals surface area contributed by atoms with E-state index in [0.29, 0.717) is 21.9 Å². The molecule has 0 saturated carbocycles. The van der Waals surface area contributed by atoms with Gasteiger partial charge in [-0.25, -0.2) is 4.98 Å². The first-order valence-electron chi connectivity index (χ1n) is 8.04.